The summed E-state index contributed by atoms with van der Waals surface area (Å²) in [6.45, 7) is 2.82. The van der Waals surface area contributed by atoms with Crippen LogP contribution in [0, 0.1) is 0 Å². The van der Waals surface area contributed by atoms with Gasteiger partial charge in [-0.15, -0.1) is 0 Å². The molecule has 0 fully saturated rings. The quantitative estimate of drug-likeness (QED) is 0.542. The Bertz CT molecular complexity index is 55.0. The van der Waals surface area contributed by atoms with Crippen LogP contribution in [-0.2, 0) is 4.74 Å². The van der Waals surface area contributed by atoms with Gasteiger partial charge >= 0.3 is 0 Å². The minimum atomic E-state index is 0.319. The van der Waals surface area contributed by atoms with E-state index >= 15 is 0 Å². The van der Waals surface area contributed by atoms with Crippen LogP contribution in [-0.4, -0.2) is 27.7 Å². The molecule has 0 rings (SSSR count). The highest BCUT2D eigenvalue weighted by molar-refractivity contribution is 6.04. The minimum absolute atomic E-state index is 0.319. The molecule has 0 aromatic heterocycles. The van der Waals surface area contributed by atoms with E-state index in [2.05, 4.69) is 12.2 Å². The smallest absolute Gasteiger partial charge is 0.178 e. The summed E-state index contributed by atoms with van der Waals surface area (Å²) in [4.78, 5) is 0. The molecule has 0 amide bonds. The standard InChI is InChI=1S/C6H14BNO/c1-3-4-6(8-7)5-9-2/h6,8H,3-5H2,1-2H3. The maximum absolute atomic E-state index is 5.21. The van der Waals surface area contributed by atoms with E-state index in [0.29, 0.717) is 12.6 Å². The second-order valence-electron chi connectivity index (χ2n) is 2.11. The predicted octanol–water partition coefficient (Wildman–Crippen LogP) is 0.475. The van der Waals surface area contributed by atoms with Crippen molar-refractivity contribution in [3.05, 3.63) is 0 Å². The molecule has 0 bridgehead atoms. The second-order valence-corrected chi connectivity index (χ2v) is 2.11. The molecule has 0 heterocycles. The van der Waals surface area contributed by atoms with Gasteiger partial charge in [0.15, 0.2) is 7.98 Å². The Labute approximate surface area is 58.4 Å². The van der Waals surface area contributed by atoms with Gasteiger partial charge in [0, 0.05) is 13.2 Å². The van der Waals surface area contributed by atoms with E-state index in [1.54, 1.807) is 7.11 Å². The Morgan fingerprint density at radius 1 is 1.67 bits per heavy atom. The lowest BCUT2D eigenvalue weighted by Crippen LogP contribution is -2.30. The molecule has 0 aliphatic carbocycles. The number of methoxy groups -OCH3 is 1. The van der Waals surface area contributed by atoms with Crippen molar-refractivity contribution in [2.45, 2.75) is 25.8 Å². The van der Waals surface area contributed by atoms with Gasteiger partial charge in [0.05, 0.1) is 6.61 Å². The lowest BCUT2D eigenvalue weighted by molar-refractivity contribution is 0.171. The first-order valence-electron chi connectivity index (χ1n) is 3.30. The largest absolute Gasteiger partial charge is 0.383 e. The molecule has 0 aliphatic rings. The van der Waals surface area contributed by atoms with Crippen LogP contribution in [0.4, 0.5) is 0 Å². The van der Waals surface area contributed by atoms with Gasteiger partial charge in [0.25, 0.3) is 0 Å². The Balaban J connectivity index is 3.18. The van der Waals surface area contributed by atoms with Crippen LogP contribution in [0.15, 0.2) is 0 Å². The molecule has 0 spiro atoms. The molecule has 0 saturated heterocycles. The van der Waals surface area contributed by atoms with E-state index in [1.165, 1.54) is 0 Å². The Hall–Kier alpha value is -0.0151. The molecule has 0 saturated carbocycles. The summed E-state index contributed by atoms with van der Waals surface area (Å²) in [7, 11) is 6.90. The number of hydrogen-bond donors (Lipinski definition) is 1. The van der Waals surface area contributed by atoms with E-state index in [9.17, 15) is 0 Å². The van der Waals surface area contributed by atoms with Crippen molar-refractivity contribution in [2.75, 3.05) is 13.7 Å². The van der Waals surface area contributed by atoms with Gasteiger partial charge in [-0.2, -0.15) is 0 Å². The third-order valence-corrected chi connectivity index (χ3v) is 1.24. The lowest BCUT2D eigenvalue weighted by Gasteiger charge is -2.13. The van der Waals surface area contributed by atoms with Crippen LogP contribution in [0.5, 0.6) is 0 Å². The summed E-state index contributed by atoms with van der Waals surface area (Å²) < 4.78 is 4.90. The average Bonchev–Trinajstić information content (AvgIpc) is 1.88. The van der Waals surface area contributed by atoms with Crippen LogP contribution in [0.1, 0.15) is 19.8 Å². The zero-order chi connectivity index (χ0) is 7.11. The van der Waals surface area contributed by atoms with Crippen LogP contribution in [0.25, 0.3) is 0 Å². The molecule has 0 aromatic rings. The van der Waals surface area contributed by atoms with Crippen molar-refractivity contribution in [3.63, 3.8) is 0 Å². The van der Waals surface area contributed by atoms with Gasteiger partial charge in [0.1, 0.15) is 0 Å². The molecule has 2 radical (unpaired) electrons. The fourth-order valence-electron chi connectivity index (χ4n) is 0.764. The molecule has 52 valence electrons. The number of hydrogen-bond acceptors (Lipinski definition) is 2. The third kappa shape index (κ3) is 4.49. The lowest BCUT2D eigenvalue weighted by atomic mass is 10.1. The highest BCUT2D eigenvalue weighted by Gasteiger charge is 2.00. The number of ether oxygens (including phenoxy) is 1. The van der Waals surface area contributed by atoms with Crippen LogP contribution >= 0.6 is 0 Å². The van der Waals surface area contributed by atoms with Crippen molar-refractivity contribution in [3.8, 4) is 0 Å². The van der Waals surface area contributed by atoms with Gasteiger partial charge in [-0.05, 0) is 6.42 Å². The Morgan fingerprint density at radius 3 is 2.67 bits per heavy atom. The average molecular weight is 127 g/mol. The van der Waals surface area contributed by atoms with E-state index in [0.717, 1.165) is 12.8 Å². The zero-order valence-corrected chi connectivity index (χ0v) is 6.18. The number of rotatable bonds is 5. The summed E-state index contributed by atoms with van der Waals surface area (Å²) in [6, 6.07) is 0.319. The highest BCUT2D eigenvalue weighted by atomic mass is 16.5. The highest BCUT2D eigenvalue weighted by Crippen LogP contribution is 1.94. The monoisotopic (exact) mass is 127 g/mol. The van der Waals surface area contributed by atoms with Crippen molar-refractivity contribution in [1.82, 2.24) is 5.23 Å². The summed E-state index contributed by atoms with van der Waals surface area (Å²) >= 11 is 0. The fourth-order valence-corrected chi connectivity index (χ4v) is 0.764. The molecular weight excluding hydrogens is 113 g/mol. The number of nitrogens with one attached hydrogen (secondary N) is 1. The fraction of sp³-hybridized carbons (Fsp3) is 1.00. The summed E-state index contributed by atoms with van der Waals surface area (Å²) in [5, 5.41) is 2.68. The molecule has 0 aliphatic heterocycles. The van der Waals surface area contributed by atoms with Crippen molar-refractivity contribution < 1.29 is 4.74 Å². The first-order chi connectivity index (χ1) is 4.35. The molecule has 1 unspecified atom stereocenters. The van der Waals surface area contributed by atoms with Crippen molar-refractivity contribution in [2.24, 2.45) is 0 Å². The normalized spacial score (nSPS) is 13.6. The van der Waals surface area contributed by atoms with Crippen molar-refractivity contribution >= 4 is 7.98 Å². The molecule has 3 heteroatoms. The molecule has 1 N–H and O–H groups in total. The van der Waals surface area contributed by atoms with Crippen LogP contribution < -0.4 is 5.23 Å². The first-order valence-corrected chi connectivity index (χ1v) is 3.30. The van der Waals surface area contributed by atoms with Crippen molar-refractivity contribution in [1.29, 1.82) is 0 Å². The molecule has 9 heavy (non-hydrogen) atoms. The molecule has 0 aromatic carbocycles. The SMILES string of the molecule is [B]NC(CCC)COC. The minimum Gasteiger partial charge on any atom is -0.383 e. The zero-order valence-electron chi connectivity index (χ0n) is 6.18. The van der Waals surface area contributed by atoms with Gasteiger partial charge < -0.3 is 9.96 Å². The summed E-state index contributed by atoms with van der Waals surface area (Å²) in [5.41, 5.74) is 0. The van der Waals surface area contributed by atoms with Gasteiger partial charge in [-0.3, -0.25) is 0 Å². The van der Waals surface area contributed by atoms with E-state index in [-0.39, 0.29) is 0 Å². The first kappa shape index (κ1) is 8.98. The maximum atomic E-state index is 5.21. The van der Waals surface area contributed by atoms with Gasteiger partial charge in [0.2, 0.25) is 0 Å². The summed E-state index contributed by atoms with van der Waals surface area (Å²) in [5.74, 6) is 0. The maximum Gasteiger partial charge on any atom is 0.178 e. The second kappa shape index (κ2) is 6.11. The molecule has 2 nitrogen and oxygen atoms in total. The van der Waals surface area contributed by atoms with Gasteiger partial charge in [-0.1, -0.05) is 13.3 Å². The third-order valence-electron chi connectivity index (χ3n) is 1.24. The molecular formula is C6H14BNO. The van der Waals surface area contributed by atoms with E-state index < -0.39 is 0 Å². The summed E-state index contributed by atoms with van der Waals surface area (Å²) in [6.07, 6.45) is 2.21. The topological polar surface area (TPSA) is 21.3 Å². The van der Waals surface area contributed by atoms with Crippen LogP contribution in [0.2, 0.25) is 0 Å². The van der Waals surface area contributed by atoms with Crippen LogP contribution in [0.3, 0.4) is 0 Å². The predicted molar refractivity (Wildman–Crippen MR) is 39.5 cm³/mol. The van der Waals surface area contributed by atoms with E-state index in [4.69, 9.17) is 12.7 Å². The Kier molecular flexibility index (Phi) is 6.10. The van der Waals surface area contributed by atoms with Gasteiger partial charge in [-0.25, -0.2) is 0 Å². The molecule has 1 atom stereocenters. The van der Waals surface area contributed by atoms with E-state index in [1.807, 2.05) is 0 Å². The Morgan fingerprint density at radius 2 is 2.33 bits per heavy atom.